The van der Waals surface area contributed by atoms with Gasteiger partial charge in [0.1, 0.15) is 0 Å². The van der Waals surface area contributed by atoms with Crippen LogP contribution in [0, 0.1) is 20.8 Å². The minimum Gasteiger partial charge on any atom is -0.293 e. The molecule has 5 heteroatoms. The number of nitrogens with zero attached hydrogens (tertiary/aromatic N) is 4. The summed E-state index contributed by atoms with van der Waals surface area (Å²) in [5.41, 5.74) is 6.70. The Bertz CT molecular complexity index is 897. The van der Waals surface area contributed by atoms with Crippen molar-refractivity contribution in [1.82, 2.24) is 19.9 Å². The molecule has 0 saturated heterocycles. The minimum atomic E-state index is 0.550. The van der Waals surface area contributed by atoms with E-state index in [4.69, 9.17) is 4.98 Å². The molecular weight excluding hydrogens is 286 g/mol. The SMILES string of the molecule is Cc1cc(C)nc(Nc2nc(C)c3ccc4c(c3n2)CCC4)n1. The van der Waals surface area contributed by atoms with Crippen molar-refractivity contribution < 1.29 is 0 Å². The molecule has 0 unspecified atom stereocenters. The summed E-state index contributed by atoms with van der Waals surface area (Å²) < 4.78 is 0. The quantitative estimate of drug-likeness (QED) is 0.784. The van der Waals surface area contributed by atoms with Crippen LogP contribution in [0.3, 0.4) is 0 Å². The molecule has 3 aromatic rings. The number of hydrogen-bond donors (Lipinski definition) is 1. The molecule has 1 aliphatic carbocycles. The Kier molecular flexibility index (Phi) is 3.22. The smallest absolute Gasteiger partial charge is 0.230 e. The van der Waals surface area contributed by atoms with Crippen LogP contribution < -0.4 is 5.32 Å². The van der Waals surface area contributed by atoms with Gasteiger partial charge in [0.05, 0.1) is 11.2 Å². The number of nitrogens with one attached hydrogen (secondary N) is 1. The summed E-state index contributed by atoms with van der Waals surface area (Å²) in [5.74, 6) is 1.12. The molecule has 1 N–H and O–H groups in total. The van der Waals surface area contributed by atoms with Crippen LogP contribution in [0.4, 0.5) is 11.9 Å². The lowest BCUT2D eigenvalue weighted by atomic mass is 10.0. The molecule has 0 aliphatic heterocycles. The summed E-state index contributed by atoms with van der Waals surface area (Å²) in [6, 6.07) is 6.32. The molecule has 0 radical (unpaired) electrons. The van der Waals surface area contributed by atoms with Gasteiger partial charge < -0.3 is 0 Å². The zero-order valence-electron chi connectivity index (χ0n) is 13.6. The van der Waals surface area contributed by atoms with Crippen LogP contribution >= 0.6 is 0 Å². The fourth-order valence-electron chi connectivity index (χ4n) is 3.35. The molecule has 1 aromatic carbocycles. The van der Waals surface area contributed by atoms with Crippen LogP contribution in [-0.4, -0.2) is 19.9 Å². The molecule has 4 rings (SSSR count). The highest BCUT2D eigenvalue weighted by Gasteiger charge is 2.17. The van der Waals surface area contributed by atoms with Crippen molar-refractivity contribution >= 4 is 22.8 Å². The second kappa shape index (κ2) is 5.26. The van der Waals surface area contributed by atoms with E-state index in [1.807, 2.05) is 26.8 Å². The van der Waals surface area contributed by atoms with E-state index in [1.165, 1.54) is 17.5 Å². The molecular formula is C18H19N5. The Labute approximate surface area is 135 Å². The van der Waals surface area contributed by atoms with E-state index in [1.54, 1.807) is 0 Å². The van der Waals surface area contributed by atoms with Crippen molar-refractivity contribution in [3.8, 4) is 0 Å². The number of aromatic nitrogens is 4. The minimum absolute atomic E-state index is 0.550. The predicted octanol–water partition coefficient (Wildman–Crippen LogP) is 3.58. The first-order chi connectivity index (χ1) is 11.1. The normalized spacial score (nSPS) is 13.3. The summed E-state index contributed by atoms with van der Waals surface area (Å²) in [5, 5.41) is 4.30. The van der Waals surface area contributed by atoms with E-state index in [0.29, 0.717) is 11.9 Å². The van der Waals surface area contributed by atoms with Gasteiger partial charge in [-0.3, -0.25) is 5.32 Å². The number of hydrogen-bond acceptors (Lipinski definition) is 5. The van der Waals surface area contributed by atoms with Crippen LogP contribution in [0.15, 0.2) is 18.2 Å². The van der Waals surface area contributed by atoms with Gasteiger partial charge in [0, 0.05) is 16.8 Å². The molecule has 5 nitrogen and oxygen atoms in total. The lowest BCUT2D eigenvalue weighted by molar-refractivity contribution is 0.912. The van der Waals surface area contributed by atoms with Gasteiger partial charge in [-0.25, -0.2) is 19.9 Å². The Balaban J connectivity index is 1.81. The average Bonchev–Trinajstić information content (AvgIpc) is 2.95. The third-order valence-corrected chi connectivity index (χ3v) is 4.34. The zero-order valence-corrected chi connectivity index (χ0v) is 13.6. The van der Waals surface area contributed by atoms with Crippen LogP contribution in [-0.2, 0) is 12.8 Å². The van der Waals surface area contributed by atoms with Gasteiger partial charge in [-0.05, 0) is 57.2 Å². The summed E-state index contributed by atoms with van der Waals surface area (Å²) in [6.45, 7) is 5.94. The van der Waals surface area contributed by atoms with E-state index in [9.17, 15) is 0 Å². The number of benzene rings is 1. The second-order valence-electron chi connectivity index (χ2n) is 6.18. The number of fused-ring (bicyclic) bond motifs is 3. The van der Waals surface area contributed by atoms with E-state index in [2.05, 4.69) is 32.4 Å². The van der Waals surface area contributed by atoms with Crippen molar-refractivity contribution in [3.05, 3.63) is 46.4 Å². The van der Waals surface area contributed by atoms with Crippen molar-refractivity contribution in [3.63, 3.8) is 0 Å². The van der Waals surface area contributed by atoms with Gasteiger partial charge in [-0.2, -0.15) is 0 Å². The highest BCUT2D eigenvalue weighted by molar-refractivity contribution is 5.86. The maximum absolute atomic E-state index is 4.76. The number of rotatable bonds is 2. The molecule has 1 aliphatic rings. The Morgan fingerprint density at radius 2 is 1.61 bits per heavy atom. The van der Waals surface area contributed by atoms with Crippen molar-refractivity contribution in [2.24, 2.45) is 0 Å². The topological polar surface area (TPSA) is 63.6 Å². The standard InChI is InChI=1S/C18H19N5/c1-10-9-11(2)20-17(19-10)23-18-21-12(3)14-8-7-13-5-4-6-15(13)16(14)22-18/h7-9H,4-6H2,1-3H3,(H,19,20,21,22,23). The molecule has 2 heterocycles. The van der Waals surface area contributed by atoms with Crippen molar-refractivity contribution in [1.29, 1.82) is 0 Å². The van der Waals surface area contributed by atoms with Crippen LogP contribution in [0.25, 0.3) is 10.9 Å². The maximum Gasteiger partial charge on any atom is 0.230 e. The van der Waals surface area contributed by atoms with E-state index in [0.717, 1.165) is 40.8 Å². The summed E-state index contributed by atoms with van der Waals surface area (Å²) in [6.07, 6.45) is 3.46. The Morgan fingerprint density at radius 1 is 0.870 bits per heavy atom. The third kappa shape index (κ3) is 2.52. The average molecular weight is 305 g/mol. The lowest BCUT2D eigenvalue weighted by Crippen LogP contribution is -2.05. The maximum atomic E-state index is 4.76. The summed E-state index contributed by atoms with van der Waals surface area (Å²) >= 11 is 0. The highest BCUT2D eigenvalue weighted by Crippen LogP contribution is 2.30. The Morgan fingerprint density at radius 3 is 2.39 bits per heavy atom. The van der Waals surface area contributed by atoms with Gasteiger partial charge in [0.2, 0.25) is 11.9 Å². The van der Waals surface area contributed by atoms with Gasteiger partial charge in [0.15, 0.2) is 0 Å². The molecule has 0 bridgehead atoms. The fraction of sp³-hybridized carbons (Fsp3) is 0.333. The molecule has 0 fully saturated rings. The molecule has 0 saturated carbocycles. The highest BCUT2D eigenvalue weighted by atomic mass is 15.2. The first-order valence-electron chi connectivity index (χ1n) is 7.98. The van der Waals surface area contributed by atoms with Crippen LogP contribution in [0.1, 0.15) is 34.6 Å². The van der Waals surface area contributed by atoms with Gasteiger partial charge >= 0.3 is 0 Å². The number of anilines is 2. The Hall–Kier alpha value is -2.56. The molecule has 116 valence electrons. The monoisotopic (exact) mass is 305 g/mol. The second-order valence-corrected chi connectivity index (χ2v) is 6.18. The molecule has 23 heavy (non-hydrogen) atoms. The predicted molar refractivity (Wildman–Crippen MR) is 91.1 cm³/mol. The van der Waals surface area contributed by atoms with Gasteiger partial charge in [-0.1, -0.05) is 12.1 Å². The molecule has 0 spiro atoms. The van der Waals surface area contributed by atoms with E-state index >= 15 is 0 Å². The lowest BCUT2D eigenvalue weighted by Gasteiger charge is -2.10. The molecule has 0 atom stereocenters. The van der Waals surface area contributed by atoms with Crippen LogP contribution in [0.2, 0.25) is 0 Å². The van der Waals surface area contributed by atoms with Crippen molar-refractivity contribution in [2.45, 2.75) is 40.0 Å². The van der Waals surface area contributed by atoms with Gasteiger partial charge in [0.25, 0.3) is 0 Å². The number of aryl methyl sites for hydroxylation is 5. The molecule has 0 amide bonds. The van der Waals surface area contributed by atoms with Gasteiger partial charge in [-0.15, -0.1) is 0 Å². The third-order valence-electron chi connectivity index (χ3n) is 4.34. The first-order valence-corrected chi connectivity index (χ1v) is 7.98. The zero-order chi connectivity index (χ0) is 16.0. The largest absolute Gasteiger partial charge is 0.293 e. The summed E-state index contributed by atoms with van der Waals surface area (Å²) in [4.78, 5) is 18.2. The first kappa shape index (κ1) is 14.1. The van der Waals surface area contributed by atoms with Crippen LogP contribution in [0.5, 0.6) is 0 Å². The summed E-state index contributed by atoms with van der Waals surface area (Å²) in [7, 11) is 0. The van der Waals surface area contributed by atoms with Crippen molar-refractivity contribution in [2.75, 3.05) is 5.32 Å². The fourth-order valence-corrected chi connectivity index (χ4v) is 3.35. The molecule has 2 aromatic heterocycles. The van der Waals surface area contributed by atoms with E-state index < -0.39 is 0 Å². The van der Waals surface area contributed by atoms with E-state index in [-0.39, 0.29) is 0 Å².